The highest BCUT2D eigenvalue weighted by molar-refractivity contribution is 7.91. The number of sulfone groups is 1. The predicted molar refractivity (Wildman–Crippen MR) is 63.0 cm³/mol. The zero-order chi connectivity index (χ0) is 13.1. The number of pyridine rings is 1. The molecule has 0 saturated carbocycles. The SMILES string of the molecule is Cc1nc(S(=O)(=O)CCCCl)ccc1[N+](=O)[O-]. The Labute approximate surface area is 104 Å². The van der Waals surface area contributed by atoms with Gasteiger partial charge >= 0.3 is 0 Å². The van der Waals surface area contributed by atoms with Crippen LogP contribution < -0.4 is 0 Å². The van der Waals surface area contributed by atoms with Crippen LogP contribution in [0.3, 0.4) is 0 Å². The number of rotatable bonds is 5. The molecule has 1 rings (SSSR count). The number of hydrogen-bond donors (Lipinski definition) is 0. The molecule has 0 unspecified atom stereocenters. The summed E-state index contributed by atoms with van der Waals surface area (Å²) in [4.78, 5) is 13.7. The largest absolute Gasteiger partial charge is 0.290 e. The van der Waals surface area contributed by atoms with Gasteiger partial charge in [0.1, 0.15) is 5.69 Å². The average molecular weight is 279 g/mol. The first kappa shape index (κ1) is 13.9. The number of halogens is 1. The summed E-state index contributed by atoms with van der Waals surface area (Å²) in [6.07, 6.45) is 0.321. The van der Waals surface area contributed by atoms with Crippen molar-refractivity contribution in [1.82, 2.24) is 4.98 Å². The van der Waals surface area contributed by atoms with Crippen LogP contribution in [0.4, 0.5) is 5.69 Å². The van der Waals surface area contributed by atoms with E-state index in [0.717, 1.165) is 12.1 Å². The zero-order valence-electron chi connectivity index (χ0n) is 9.09. The van der Waals surface area contributed by atoms with Crippen molar-refractivity contribution in [1.29, 1.82) is 0 Å². The van der Waals surface area contributed by atoms with Gasteiger partial charge in [-0.25, -0.2) is 13.4 Å². The summed E-state index contributed by atoms with van der Waals surface area (Å²) < 4.78 is 23.5. The van der Waals surface area contributed by atoms with Gasteiger partial charge in [-0.3, -0.25) is 10.1 Å². The third-order valence-corrected chi connectivity index (χ3v) is 4.05. The Kier molecular flexibility index (Phi) is 4.41. The summed E-state index contributed by atoms with van der Waals surface area (Å²) in [5.74, 6) is 0.131. The molecule has 0 saturated heterocycles. The molecule has 0 amide bonds. The standard InChI is InChI=1S/C9H11ClN2O4S/c1-7-8(12(13)14)3-4-9(11-7)17(15,16)6-2-5-10/h3-4H,2,5-6H2,1H3. The molecule has 0 aromatic carbocycles. The van der Waals surface area contributed by atoms with E-state index >= 15 is 0 Å². The maximum Gasteiger partial charge on any atom is 0.290 e. The number of nitro groups is 1. The van der Waals surface area contributed by atoms with Gasteiger partial charge in [0.15, 0.2) is 14.9 Å². The molecule has 1 aromatic rings. The van der Waals surface area contributed by atoms with Crippen molar-refractivity contribution in [3.63, 3.8) is 0 Å². The summed E-state index contributed by atoms with van der Waals surface area (Å²) in [6, 6.07) is 2.30. The lowest BCUT2D eigenvalue weighted by Gasteiger charge is -2.03. The fraction of sp³-hybridized carbons (Fsp3) is 0.444. The van der Waals surface area contributed by atoms with E-state index in [2.05, 4.69) is 4.98 Å². The topological polar surface area (TPSA) is 90.2 Å². The lowest BCUT2D eigenvalue weighted by atomic mass is 10.3. The van der Waals surface area contributed by atoms with Crippen LogP contribution in [0.15, 0.2) is 17.2 Å². The monoisotopic (exact) mass is 278 g/mol. The Morgan fingerprint density at radius 3 is 2.59 bits per heavy atom. The van der Waals surface area contributed by atoms with Crippen LogP contribution in [0, 0.1) is 17.0 Å². The maximum absolute atomic E-state index is 11.7. The van der Waals surface area contributed by atoms with Crippen LogP contribution in [0.5, 0.6) is 0 Å². The summed E-state index contributed by atoms with van der Waals surface area (Å²) in [5.41, 5.74) is -0.108. The molecule has 1 heterocycles. The molecule has 17 heavy (non-hydrogen) atoms. The Morgan fingerprint density at radius 1 is 1.47 bits per heavy atom. The third kappa shape index (κ3) is 3.37. The summed E-state index contributed by atoms with van der Waals surface area (Å²) >= 11 is 5.42. The second-order valence-electron chi connectivity index (χ2n) is 3.37. The smallest absolute Gasteiger partial charge is 0.258 e. The average Bonchev–Trinajstić information content (AvgIpc) is 2.25. The van der Waals surface area contributed by atoms with Crippen molar-refractivity contribution in [3.8, 4) is 0 Å². The van der Waals surface area contributed by atoms with Crippen LogP contribution in [0.2, 0.25) is 0 Å². The minimum absolute atomic E-state index is 0.0851. The molecule has 0 aliphatic heterocycles. The Hall–Kier alpha value is -1.21. The highest BCUT2D eigenvalue weighted by atomic mass is 35.5. The first-order valence-electron chi connectivity index (χ1n) is 4.79. The van der Waals surface area contributed by atoms with Crippen molar-refractivity contribution < 1.29 is 13.3 Å². The van der Waals surface area contributed by atoms with E-state index in [1.54, 1.807) is 0 Å². The molecule has 0 fully saturated rings. The lowest BCUT2D eigenvalue weighted by Crippen LogP contribution is -2.10. The van der Waals surface area contributed by atoms with E-state index in [1.165, 1.54) is 6.92 Å². The molecule has 0 bridgehead atoms. The van der Waals surface area contributed by atoms with Crippen molar-refractivity contribution in [2.45, 2.75) is 18.4 Å². The minimum Gasteiger partial charge on any atom is -0.258 e. The van der Waals surface area contributed by atoms with Crippen LogP contribution in [0.25, 0.3) is 0 Å². The minimum atomic E-state index is -3.51. The Morgan fingerprint density at radius 2 is 2.12 bits per heavy atom. The molecule has 0 atom stereocenters. The van der Waals surface area contributed by atoms with Crippen molar-refractivity contribution >= 4 is 27.1 Å². The molecule has 0 N–H and O–H groups in total. The highest BCUT2D eigenvalue weighted by Gasteiger charge is 2.19. The number of aromatic nitrogens is 1. The summed E-state index contributed by atoms with van der Waals surface area (Å²) in [6.45, 7) is 1.40. The van der Waals surface area contributed by atoms with Gasteiger partial charge in [0.25, 0.3) is 5.69 Å². The van der Waals surface area contributed by atoms with E-state index in [9.17, 15) is 18.5 Å². The zero-order valence-corrected chi connectivity index (χ0v) is 10.7. The van der Waals surface area contributed by atoms with E-state index in [-0.39, 0.29) is 28.0 Å². The molecule has 6 nitrogen and oxygen atoms in total. The quantitative estimate of drug-likeness (QED) is 0.464. The second kappa shape index (κ2) is 5.42. The van der Waals surface area contributed by atoms with Crippen LogP contribution >= 0.6 is 11.6 Å². The molecular weight excluding hydrogens is 268 g/mol. The van der Waals surface area contributed by atoms with Gasteiger partial charge < -0.3 is 0 Å². The van der Waals surface area contributed by atoms with Crippen molar-refractivity contribution in [2.75, 3.05) is 11.6 Å². The fourth-order valence-corrected chi connectivity index (χ4v) is 2.82. The predicted octanol–water partition coefficient (Wildman–Crippen LogP) is 1.70. The highest BCUT2D eigenvalue weighted by Crippen LogP contribution is 2.19. The molecule has 0 radical (unpaired) electrons. The van der Waals surface area contributed by atoms with E-state index in [0.29, 0.717) is 6.42 Å². The Bertz CT molecular complexity index is 530. The second-order valence-corrected chi connectivity index (χ2v) is 5.81. The van der Waals surface area contributed by atoms with Gasteiger partial charge in [0.2, 0.25) is 0 Å². The molecular formula is C9H11ClN2O4S. The first-order valence-corrected chi connectivity index (χ1v) is 6.98. The molecule has 0 aliphatic carbocycles. The van der Waals surface area contributed by atoms with Gasteiger partial charge in [-0.2, -0.15) is 0 Å². The molecule has 0 aliphatic rings. The van der Waals surface area contributed by atoms with Gasteiger partial charge in [0, 0.05) is 11.9 Å². The number of nitrogens with zero attached hydrogens (tertiary/aromatic N) is 2. The van der Waals surface area contributed by atoms with Crippen molar-refractivity contribution in [2.24, 2.45) is 0 Å². The summed E-state index contributed by atoms with van der Waals surface area (Å²) in [7, 11) is -3.51. The summed E-state index contributed by atoms with van der Waals surface area (Å²) in [5, 5.41) is 10.4. The van der Waals surface area contributed by atoms with E-state index in [4.69, 9.17) is 11.6 Å². The fourth-order valence-electron chi connectivity index (χ4n) is 1.25. The third-order valence-electron chi connectivity index (χ3n) is 2.09. The first-order chi connectivity index (χ1) is 7.88. The molecule has 94 valence electrons. The Balaban J connectivity index is 3.09. The number of aryl methyl sites for hydroxylation is 1. The van der Waals surface area contributed by atoms with Gasteiger partial charge in [-0.1, -0.05) is 0 Å². The van der Waals surface area contributed by atoms with E-state index in [1.807, 2.05) is 0 Å². The van der Waals surface area contributed by atoms with E-state index < -0.39 is 14.8 Å². The lowest BCUT2D eigenvalue weighted by molar-refractivity contribution is -0.385. The normalized spacial score (nSPS) is 11.4. The maximum atomic E-state index is 11.7. The molecule has 8 heteroatoms. The number of hydrogen-bond acceptors (Lipinski definition) is 5. The van der Waals surface area contributed by atoms with Gasteiger partial charge in [0.05, 0.1) is 10.7 Å². The van der Waals surface area contributed by atoms with Gasteiger partial charge in [-0.05, 0) is 19.4 Å². The van der Waals surface area contributed by atoms with Crippen LogP contribution in [-0.2, 0) is 9.84 Å². The van der Waals surface area contributed by atoms with Crippen LogP contribution in [0.1, 0.15) is 12.1 Å². The van der Waals surface area contributed by atoms with Gasteiger partial charge in [-0.15, -0.1) is 11.6 Å². The molecule has 0 spiro atoms. The van der Waals surface area contributed by atoms with Crippen molar-refractivity contribution in [3.05, 3.63) is 27.9 Å². The van der Waals surface area contributed by atoms with Crippen LogP contribution in [-0.4, -0.2) is 30.0 Å². The molecule has 1 aromatic heterocycles. The number of alkyl halides is 1.